The molecule has 0 aliphatic carbocycles. The summed E-state index contributed by atoms with van der Waals surface area (Å²) in [6, 6.07) is 10.1. The Labute approximate surface area is 202 Å². The van der Waals surface area contributed by atoms with Gasteiger partial charge in [0.05, 0.1) is 16.2 Å². The first-order valence-corrected chi connectivity index (χ1v) is 12.4. The quantitative estimate of drug-likeness (QED) is 0.295. The van der Waals surface area contributed by atoms with Crippen LogP contribution < -0.4 is 20.9 Å². The third-order valence-electron chi connectivity index (χ3n) is 4.58. The number of sulfonamides is 1. The Morgan fingerprint density at radius 3 is 2.52 bits per heavy atom. The standard InChI is InChI=1S/C20H16ClN5O4S3/c1-22-11-2-4-13-14(8-11)15(31)10-26(19(13)27)17-6-3-12(9-23-17)24-20(28)25-33(29,30)18-7-5-16(21)32-18/h2-10,22,31H,1H3,(H2,24,25,28). The van der Waals surface area contributed by atoms with Gasteiger partial charge in [-0.2, -0.15) is 0 Å². The van der Waals surface area contributed by atoms with Crippen molar-refractivity contribution in [3.8, 4) is 5.82 Å². The fraction of sp³-hybridized carbons (Fsp3) is 0.0500. The lowest BCUT2D eigenvalue weighted by atomic mass is 10.1. The normalized spacial score (nSPS) is 11.4. The number of anilines is 2. The molecule has 0 bridgehead atoms. The Hall–Kier alpha value is -3.06. The summed E-state index contributed by atoms with van der Waals surface area (Å²) in [5.41, 5.74) is 0.803. The molecule has 0 aliphatic rings. The summed E-state index contributed by atoms with van der Waals surface area (Å²) in [5, 5.41) is 6.59. The first-order chi connectivity index (χ1) is 15.7. The molecule has 3 heterocycles. The van der Waals surface area contributed by atoms with Crippen LogP contribution in [0.25, 0.3) is 16.6 Å². The molecule has 33 heavy (non-hydrogen) atoms. The van der Waals surface area contributed by atoms with E-state index < -0.39 is 16.1 Å². The molecule has 0 fully saturated rings. The van der Waals surface area contributed by atoms with Crippen molar-refractivity contribution in [2.75, 3.05) is 17.7 Å². The number of hydrogen-bond acceptors (Lipinski definition) is 8. The number of nitrogens with zero attached hydrogens (tertiary/aromatic N) is 2. The lowest BCUT2D eigenvalue weighted by molar-refractivity contribution is 0.256. The molecule has 3 N–H and O–H groups in total. The predicted octanol–water partition coefficient (Wildman–Crippen LogP) is 3.94. The van der Waals surface area contributed by atoms with Gasteiger partial charge in [-0.25, -0.2) is 22.9 Å². The fourth-order valence-corrected chi connectivity index (χ4v) is 5.71. The molecule has 2 amide bonds. The largest absolute Gasteiger partial charge is 0.388 e. The summed E-state index contributed by atoms with van der Waals surface area (Å²) in [5.74, 6) is 0.307. The number of rotatable bonds is 5. The zero-order chi connectivity index (χ0) is 23.8. The van der Waals surface area contributed by atoms with Crippen LogP contribution in [0.15, 0.2) is 68.8 Å². The van der Waals surface area contributed by atoms with Crippen molar-refractivity contribution in [2.24, 2.45) is 0 Å². The van der Waals surface area contributed by atoms with Gasteiger partial charge in [-0.05, 0) is 42.5 Å². The molecule has 0 aliphatic heterocycles. The van der Waals surface area contributed by atoms with Crippen LogP contribution in [0.3, 0.4) is 0 Å². The van der Waals surface area contributed by atoms with E-state index >= 15 is 0 Å². The molecule has 1 aromatic carbocycles. The van der Waals surface area contributed by atoms with Gasteiger partial charge in [-0.3, -0.25) is 9.36 Å². The first-order valence-electron chi connectivity index (χ1n) is 9.29. The number of thiol groups is 1. The molecule has 4 aromatic rings. The average molecular weight is 522 g/mol. The van der Waals surface area contributed by atoms with Crippen molar-refractivity contribution in [1.29, 1.82) is 0 Å². The lowest BCUT2D eigenvalue weighted by Crippen LogP contribution is -2.34. The lowest BCUT2D eigenvalue weighted by Gasteiger charge is -2.11. The molecule has 13 heteroatoms. The minimum atomic E-state index is -4.05. The van der Waals surface area contributed by atoms with E-state index in [-0.39, 0.29) is 19.8 Å². The summed E-state index contributed by atoms with van der Waals surface area (Å²) in [7, 11) is -2.27. The highest BCUT2D eigenvalue weighted by Gasteiger charge is 2.20. The van der Waals surface area contributed by atoms with Gasteiger partial charge >= 0.3 is 6.03 Å². The second kappa shape index (κ2) is 9.06. The Morgan fingerprint density at radius 2 is 1.88 bits per heavy atom. The summed E-state index contributed by atoms with van der Waals surface area (Å²) in [4.78, 5) is 29.9. The van der Waals surface area contributed by atoms with Crippen molar-refractivity contribution in [1.82, 2.24) is 14.3 Å². The van der Waals surface area contributed by atoms with E-state index in [0.29, 0.717) is 21.5 Å². The van der Waals surface area contributed by atoms with E-state index in [2.05, 4.69) is 28.2 Å². The minimum absolute atomic E-state index is 0.0869. The van der Waals surface area contributed by atoms with Gasteiger partial charge in [-0.15, -0.1) is 24.0 Å². The number of aromatic nitrogens is 2. The van der Waals surface area contributed by atoms with Crippen molar-refractivity contribution in [3.05, 3.63) is 69.5 Å². The third-order valence-corrected chi connectivity index (χ3v) is 7.99. The van der Waals surface area contributed by atoms with Crippen LogP contribution in [0.4, 0.5) is 16.2 Å². The number of carbonyl (C=O) groups is 1. The van der Waals surface area contributed by atoms with Crippen molar-refractivity contribution in [3.63, 3.8) is 0 Å². The molecular weight excluding hydrogens is 506 g/mol. The van der Waals surface area contributed by atoms with E-state index in [1.54, 1.807) is 25.4 Å². The maximum Gasteiger partial charge on any atom is 0.333 e. The number of benzene rings is 1. The van der Waals surface area contributed by atoms with Crippen LogP contribution in [0.2, 0.25) is 4.34 Å². The van der Waals surface area contributed by atoms with Crippen molar-refractivity contribution in [2.45, 2.75) is 9.10 Å². The van der Waals surface area contributed by atoms with Crippen LogP contribution in [-0.2, 0) is 10.0 Å². The van der Waals surface area contributed by atoms with E-state index in [4.69, 9.17) is 11.6 Å². The van der Waals surface area contributed by atoms with E-state index in [9.17, 15) is 18.0 Å². The number of thiophene rings is 1. The number of halogens is 1. The van der Waals surface area contributed by atoms with Crippen molar-refractivity contribution < 1.29 is 13.2 Å². The summed E-state index contributed by atoms with van der Waals surface area (Å²) in [6.07, 6.45) is 2.87. The SMILES string of the molecule is CNc1ccc2c(=O)n(-c3ccc(NC(=O)NS(=O)(=O)c4ccc(Cl)s4)cn3)cc(S)c2c1. The van der Waals surface area contributed by atoms with Gasteiger partial charge in [0.2, 0.25) is 0 Å². The van der Waals surface area contributed by atoms with Gasteiger partial charge in [0.1, 0.15) is 10.0 Å². The second-order valence-corrected chi connectivity index (χ2v) is 10.8. The van der Waals surface area contributed by atoms with Crippen LogP contribution in [0.1, 0.15) is 0 Å². The smallest absolute Gasteiger partial charge is 0.333 e. The minimum Gasteiger partial charge on any atom is -0.388 e. The van der Waals surface area contributed by atoms with Crippen LogP contribution in [0.5, 0.6) is 0 Å². The predicted molar refractivity (Wildman–Crippen MR) is 133 cm³/mol. The highest BCUT2D eigenvalue weighted by atomic mass is 35.5. The van der Waals surface area contributed by atoms with Gasteiger partial charge < -0.3 is 10.6 Å². The van der Waals surface area contributed by atoms with Crippen molar-refractivity contribution >= 4 is 73.8 Å². The monoisotopic (exact) mass is 521 g/mol. The number of fused-ring (bicyclic) bond motifs is 1. The van der Waals surface area contributed by atoms with Gasteiger partial charge in [0.15, 0.2) is 0 Å². The highest BCUT2D eigenvalue weighted by molar-refractivity contribution is 7.92. The van der Waals surface area contributed by atoms with E-state index in [1.165, 1.54) is 35.0 Å². The zero-order valence-electron chi connectivity index (χ0n) is 16.9. The molecule has 0 spiro atoms. The molecular formula is C20H16ClN5O4S3. The first kappa shape index (κ1) is 23.1. The van der Waals surface area contributed by atoms with E-state index in [0.717, 1.165) is 17.0 Å². The topological polar surface area (TPSA) is 122 Å². The highest BCUT2D eigenvalue weighted by Crippen LogP contribution is 2.26. The molecule has 0 saturated carbocycles. The molecule has 4 rings (SSSR count). The summed E-state index contributed by atoms with van der Waals surface area (Å²) >= 11 is 11.1. The number of nitrogens with one attached hydrogen (secondary N) is 3. The van der Waals surface area contributed by atoms with Gasteiger partial charge in [0, 0.05) is 34.6 Å². The van der Waals surface area contributed by atoms with E-state index in [1.807, 2.05) is 10.8 Å². The summed E-state index contributed by atoms with van der Waals surface area (Å²) < 4.78 is 27.9. The van der Waals surface area contributed by atoms with Crippen LogP contribution in [0, 0.1) is 0 Å². The number of urea groups is 1. The van der Waals surface area contributed by atoms with Crippen LogP contribution >= 0.6 is 35.6 Å². The maximum atomic E-state index is 13.0. The molecule has 0 unspecified atom stereocenters. The number of pyridine rings is 2. The van der Waals surface area contributed by atoms with Crippen LogP contribution in [-0.4, -0.2) is 31.0 Å². The number of amides is 2. The Bertz CT molecular complexity index is 1530. The maximum absolute atomic E-state index is 13.0. The molecule has 3 aromatic heterocycles. The number of carbonyl (C=O) groups excluding carboxylic acids is 1. The average Bonchev–Trinajstić information content (AvgIpc) is 3.23. The summed E-state index contributed by atoms with van der Waals surface area (Å²) in [6.45, 7) is 0. The fourth-order valence-electron chi connectivity index (χ4n) is 3.02. The molecule has 0 atom stereocenters. The Morgan fingerprint density at radius 1 is 1.12 bits per heavy atom. The molecule has 0 radical (unpaired) electrons. The molecule has 0 saturated heterocycles. The van der Waals surface area contributed by atoms with Gasteiger partial charge in [-0.1, -0.05) is 11.6 Å². The van der Waals surface area contributed by atoms with Gasteiger partial charge in [0.25, 0.3) is 15.6 Å². The third kappa shape index (κ3) is 4.83. The molecule has 170 valence electrons. The number of hydrogen-bond donors (Lipinski definition) is 4. The Balaban J connectivity index is 1.55. The second-order valence-electron chi connectivity index (χ2n) is 6.72. The molecule has 9 nitrogen and oxygen atoms in total. The Kier molecular flexibility index (Phi) is 6.34. The zero-order valence-corrected chi connectivity index (χ0v) is 20.1.